The molecule has 0 heterocycles. The van der Waals surface area contributed by atoms with Gasteiger partial charge in [-0.2, -0.15) is 18.4 Å². The molecule has 0 aliphatic carbocycles. The van der Waals surface area contributed by atoms with E-state index >= 15 is 0 Å². The minimum atomic E-state index is -4.44. The second-order valence-electron chi connectivity index (χ2n) is 4.16. The van der Waals surface area contributed by atoms with Crippen molar-refractivity contribution < 1.29 is 13.2 Å². The van der Waals surface area contributed by atoms with E-state index in [0.29, 0.717) is 15.7 Å². The van der Waals surface area contributed by atoms with Gasteiger partial charge in [-0.15, -0.1) is 0 Å². The van der Waals surface area contributed by atoms with Gasteiger partial charge < -0.3 is 5.32 Å². The maximum atomic E-state index is 12.8. The summed E-state index contributed by atoms with van der Waals surface area (Å²) in [4.78, 5) is 0. The summed E-state index contributed by atoms with van der Waals surface area (Å²) in [5.74, 6) is 0. The zero-order chi connectivity index (χ0) is 15.6. The molecular formula is C14H7Br2F3N2. The molecular weight excluding hydrogens is 413 g/mol. The molecule has 0 atom stereocenters. The first kappa shape index (κ1) is 15.9. The summed E-state index contributed by atoms with van der Waals surface area (Å²) in [6.45, 7) is 0. The highest BCUT2D eigenvalue weighted by molar-refractivity contribution is 9.10. The number of benzene rings is 2. The number of halogens is 5. The van der Waals surface area contributed by atoms with Crippen molar-refractivity contribution in [1.29, 1.82) is 5.26 Å². The fourth-order valence-electron chi connectivity index (χ4n) is 1.71. The molecule has 0 saturated carbocycles. The molecule has 1 N–H and O–H groups in total. The van der Waals surface area contributed by atoms with Gasteiger partial charge in [-0.3, -0.25) is 0 Å². The highest BCUT2D eigenvalue weighted by Crippen LogP contribution is 2.37. The second-order valence-corrected chi connectivity index (χ2v) is 5.93. The number of nitriles is 1. The van der Waals surface area contributed by atoms with Gasteiger partial charge in [0.1, 0.15) is 0 Å². The molecule has 0 saturated heterocycles. The third kappa shape index (κ3) is 3.99. The lowest BCUT2D eigenvalue weighted by Gasteiger charge is -2.13. The molecule has 0 fully saturated rings. The van der Waals surface area contributed by atoms with E-state index in [2.05, 4.69) is 37.2 Å². The topological polar surface area (TPSA) is 35.8 Å². The van der Waals surface area contributed by atoms with Crippen molar-refractivity contribution in [2.45, 2.75) is 6.18 Å². The third-order valence-corrected chi connectivity index (χ3v) is 3.74. The van der Waals surface area contributed by atoms with Gasteiger partial charge >= 0.3 is 6.18 Å². The number of rotatable bonds is 2. The lowest BCUT2D eigenvalue weighted by atomic mass is 10.1. The predicted octanol–water partition coefficient (Wildman–Crippen LogP) is 5.85. The number of alkyl halides is 3. The maximum absolute atomic E-state index is 12.8. The first-order chi connectivity index (χ1) is 9.79. The van der Waals surface area contributed by atoms with Gasteiger partial charge in [-0.05, 0) is 36.4 Å². The van der Waals surface area contributed by atoms with Gasteiger partial charge in [0.2, 0.25) is 0 Å². The van der Waals surface area contributed by atoms with Crippen molar-refractivity contribution in [1.82, 2.24) is 0 Å². The molecule has 2 nitrogen and oxygen atoms in total. The van der Waals surface area contributed by atoms with E-state index in [4.69, 9.17) is 5.26 Å². The molecule has 2 aromatic carbocycles. The smallest absolute Gasteiger partial charge is 0.355 e. The Hall–Kier alpha value is -1.52. The normalized spacial score (nSPS) is 11.0. The predicted molar refractivity (Wildman–Crippen MR) is 81.3 cm³/mol. The van der Waals surface area contributed by atoms with Crippen LogP contribution in [0.1, 0.15) is 11.1 Å². The summed E-state index contributed by atoms with van der Waals surface area (Å²) in [6.07, 6.45) is -4.44. The molecule has 108 valence electrons. The maximum Gasteiger partial charge on any atom is 0.417 e. The first-order valence-electron chi connectivity index (χ1n) is 5.64. The second kappa shape index (κ2) is 6.08. The van der Waals surface area contributed by atoms with Crippen LogP contribution in [-0.2, 0) is 6.18 Å². The Morgan fingerprint density at radius 3 is 2.33 bits per heavy atom. The van der Waals surface area contributed by atoms with Crippen LogP contribution < -0.4 is 5.32 Å². The zero-order valence-corrected chi connectivity index (χ0v) is 13.5. The molecule has 0 bridgehead atoms. The van der Waals surface area contributed by atoms with E-state index < -0.39 is 11.7 Å². The van der Waals surface area contributed by atoms with Crippen molar-refractivity contribution >= 4 is 43.2 Å². The average molecular weight is 420 g/mol. The van der Waals surface area contributed by atoms with Crippen LogP contribution >= 0.6 is 31.9 Å². The monoisotopic (exact) mass is 418 g/mol. The molecule has 0 spiro atoms. The fraction of sp³-hybridized carbons (Fsp3) is 0.0714. The molecule has 0 unspecified atom stereocenters. The molecule has 0 aromatic heterocycles. The zero-order valence-electron chi connectivity index (χ0n) is 10.3. The van der Waals surface area contributed by atoms with Crippen LogP contribution in [0.25, 0.3) is 0 Å². The van der Waals surface area contributed by atoms with Crippen LogP contribution in [0.3, 0.4) is 0 Å². The number of hydrogen-bond donors (Lipinski definition) is 1. The highest BCUT2D eigenvalue weighted by Gasteiger charge is 2.33. The van der Waals surface area contributed by atoms with Gasteiger partial charge in [0.05, 0.1) is 17.2 Å². The lowest BCUT2D eigenvalue weighted by molar-refractivity contribution is -0.138. The van der Waals surface area contributed by atoms with Gasteiger partial charge in [-0.25, -0.2) is 0 Å². The van der Waals surface area contributed by atoms with Crippen molar-refractivity contribution in [3.05, 3.63) is 56.5 Å². The van der Waals surface area contributed by atoms with Crippen molar-refractivity contribution in [3.8, 4) is 6.07 Å². The van der Waals surface area contributed by atoms with Crippen LogP contribution in [0, 0.1) is 11.3 Å². The molecule has 21 heavy (non-hydrogen) atoms. The Labute approximate surface area is 135 Å². The van der Waals surface area contributed by atoms with Gasteiger partial charge in [-0.1, -0.05) is 31.9 Å². The van der Waals surface area contributed by atoms with Crippen LogP contribution in [0.2, 0.25) is 0 Å². The van der Waals surface area contributed by atoms with Crippen molar-refractivity contribution in [2.24, 2.45) is 0 Å². The summed E-state index contributed by atoms with van der Waals surface area (Å²) in [6, 6.07) is 10.7. The van der Waals surface area contributed by atoms with Gasteiger partial charge in [0, 0.05) is 20.3 Å². The van der Waals surface area contributed by atoms with E-state index in [-0.39, 0.29) is 10.2 Å². The van der Waals surface area contributed by atoms with Crippen molar-refractivity contribution in [2.75, 3.05) is 5.32 Å². The van der Waals surface area contributed by atoms with Crippen LogP contribution in [0.4, 0.5) is 24.5 Å². The minimum Gasteiger partial charge on any atom is -0.355 e. The van der Waals surface area contributed by atoms with Gasteiger partial charge in [0.25, 0.3) is 0 Å². The first-order valence-corrected chi connectivity index (χ1v) is 7.22. The third-order valence-electron chi connectivity index (χ3n) is 2.59. The minimum absolute atomic E-state index is 0.0208. The summed E-state index contributed by atoms with van der Waals surface area (Å²) in [7, 11) is 0. The van der Waals surface area contributed by atoms with E-state index in [0.717, 1.165) is 6.07 Å². The van der Waals surface area contributed by atoms with Crippen LogP contribution in [-0.4, -0.2) is 0 Å². The molecule has 2 aromatic rings. The van der Waals surface area contributed by atoms with E-state index in [1.165, 1.54) is 12.1 Å². The van der Waals surface area contributed by atoms with E-state index in [1.807, 2.05) is 6.07 Å². The van der Waals surface area contributed by atoms with Crippen LogP contribution in [0.15, 0.2) is 45.3 Å². The lowest BCUT2D eigenvalue weighted by Crippen LogP contribution is -2.06. The number of nitrogens with zero attached hydrogens (tertiary/aromatic N) is 1. The Kier molecular flexibility index (Phi) is 4.59. The quantitative estimate of drug-likeness (QED) is 0.663. The SMILES string of the molecule is N#Cc1cc(Br)cc(Nc2ccc(Br)c(C(F)(F)F)c2)c1. The molecule has 2 rings (SSSR count). The molecule has 7 heteroatoms. The molecule has 0 aliphatic rings. The standard InChI is InChI=1S/C14H7Br2F3N2/c15-9-3-8(7-20)4-11(5-9)21-10-1-2-13(16)12(6-10)14(17,18)19/h1-6,21H. The van der Waals surface area contributed by atoms with Crippen molar-refractivity contribution in [3.63, 3.8) is 0 Å². The highest BCUT2D eigenvalue weighted by atomic mass is 79.9. The Morgan fingerprint density at radius 2 is 1.71 bits per heavy atom. The summed E-state index contributed by atoms with van der Waals surface area (Å²) < 4.78 is 39.2. The molecule has 0 radical (unpaired) electrons. The Balaban J connectivity index is 2.37. The fourth-order valence-corrected chi connectivity index (χ4v) is 2.68. The summed E-state index contributed by atoms with van der Waals surface area (Å²) in [5, 5.41) is 11.7. The number of hydrogen-bond acceptors (Lipinski definition) is 2. The molecule has 0 aliphatic heterocycles. The Morgan fingerprint density at radius 1 is 1.00 bits per heavy atom. The molecule has 0 amide bonds. The van der Waals surface area contributed by atoms with Gasteiger partial charge in [0.15, 0.2) is 0 Å². The largest absolute Gasteiger partial charge is 0.417 e. The van der Waals surface area contributed by atoms with E-state index in [9.17, 15) is 13.2 Å². The summed E-state index contributed by atoms with van der Waals surface area (Å²) >= 11 is 6.13. The van der Waals surface area contributed by atoms with E-state index in [1.54, 1.807) is 18.2 Å². The van der Waals surface area contributed by atoms with Crippen LogP contribution in [0.5, 0.6) is 0 Å². The number of nitrogens with one attached hydrogen (secondary N) is 1. The number of anilines is 2. The Bertz CT molecular complexity index is 721. The summed E-state index contributed by atoms with van der Waals surface area (Å²) in [5.41, 5.74) is 0.451. The average Bonchev–Trinajstić information content (AvgIpc) is 2.39.